The summed E-state index contributed by atoms with van der Waals surface area (Å²) in [6, 6.07) is 13.8. The predicted molar refractivity (Wildman–Crippen MR) is 120 cm³/mol. The quantitative estimate of drug-likeness (QED) is 0.635. The first-order valence-electron chi connectivity index (χ1n) is 9.81. The lowest BCUT2D eigenvalue weighted by Crippen LogP contribution is -2.37. The van der Waals surface area contributed by atoms with Gasteiger partial charge < -0.3 is 10.1 Å². The number of benzene rings is 2. The second-order valence-corrected chi connectivity index (χ2v) is 9.27. The van der Waals surface area contributed by atoms with E-state index in [0.717, 1.165) is 19.3 Å². The zero-order chi connectivity index (χ0) is 21.6. The molecule has 1 aliphatic rings. The smallest absolute Gasteiger partial charge is 0.264 e. The fraction of sp³-hybridized carbons (Fsp3) is 0.333. The van der Waals surface area contributed by atoms with Crippen molar-refractivity contribution in [2.24, 2.45) is 0 Å². The molecule has 2 N–H and O–H groups in total. The molecule has 0 radical (unpaired) electrons. The van der Waals surface area contributed by atoms with E-state index in [-0.39, 0.29) is 22.5 Å². The highest BCUT2D eigenvalue weighted by Gasteiger charge is 2.26. The van der Waals surface area contributed by atoms with Gasteiger partial charge in [0.15, 0.2) is 11.7 Å². The zero-order valence-electron chi connectivity index (χ0n) is 16.8. The molecule has 0 aliphatic carbocycles. The summed E-state index contributed by atoms with van der Waals surface area (Å²) in [5, 5.41) is 5.52. The fourth-order valence-corrected chi connectivity index (χ4v) is 4.83. The Kier molecular flexibility index (Phi) is 7.41. The maximum atomic E-state index is 12.5. The molecule has 0 spiro atoms. The Balaban J connectivity index is 1.48. The summed E-state index contributed by atoms with van der Waals surface area (Å²) in [5.74, 6) is 0.219. The summed E-state index contributed by atoms with van der Waals surface area (Å²) in [6.45, 7) is 3.02. The maximum absolute atomic E-state index is 12.5. The summed E-state index contributed by atoms with van der Waals surface area (Å²) in [7, 11) is -3.45. The van der Waals surface area contributed by atoms with Gasteiger partial charge in [0.1, 0.15) is 5.75 Å². The number of ether oxygens (including phenoxy) is 1. The Hall–Kier alpha value is -2.49. The first kappa shape index (κ1) is 22.2. The van der Waals surface area contributed by atoms with Crippen molar-refractivity contribution in [1.82, 2.24) is 9.62 Å². The molecule has 1 heterocycles. The van der Waals surface area contributed by atoms with Crippen LogP contribution < -0.4 is 15.4 Å². The predicted octanol–water partition coefficient (Wildman–Crippen LogP) is 2.93. The van der Waals surface area contributed by atoms with Crippen LogP contribution in [0.25, 0.3) is 0 Å². The van der Waals surface area contributed by atoms with Gasteiger partial charge in [0.05, 0.1) is 4.90 Å². The molecule has 2 aromatic rings. The number of hydrogen-bond donors (Lipinski definition) is 2. The molecule has 2 aromatic carbocycles. The number of nitrogens with zero attached hydrogens (tertiary/aromatic N) is 1. The Labute approximate surface area is 182 Å². The molecule has 1 amide bonds. The summed E-state index contributed by atoms with van der Waals surface area (Å²) in [4.78, 5) is 12.3. The molecule has 0 aromatic heterocycles. The third-order valence-electron chi connectivity index (χ3n) is 4.77. The van der Waals surface area contributed by atoms with Gasteiger partial charge in [0, 0.05) is 18.8 Å². The number of rotatable bonds is 7. The average Bonchev–Trinajstić information content (AvgIpc) is 3.29. The Morgan fingerprint density at radius 3 is 2.30 bits per heavy atom. The summed E-state index contributed by atoms with van der Waals surface area (Å²) >= 11 is 5.14. The van der Waals surface area contributed by atoms with E-state index in [1.807, 2.05) is 24.3 Å². The van der Waals surface area contributed by atoms with Gasteiger partial charge in [-0.25, -0.2) is 8.42 Å². The normalized spacial score (nSPS) is 14.3. The number of carbonyl (C=O) groups excluding carboxylic acids is 1. The van der Waals surface area contributed by atoms with Crippen molar-refractivity contribution in [3.8, 4) is 5.75 Å². The van der Waals surface area contributed by atoms with Gasteiger partial charge in [0.2, 0.25) is 10.0 Å². The first-order valence-corrected chi connectivity index (χ1v) is 11.7. The molecular formula is C21H25N3O4S2. The molecule has 1 fully saturated rings. The molecule has 3 rings (SSSR count). The number of carbonyl (C=O) groups is 1. The topological polar surface area (TPSA) is 87.7 Å². The van der Waals surface area contributed by atoms with Crippen molar-refractivity contribution in [2.45, 2.75) is 31.1 Å². The largest absolute Gasteiger partial charge is 0.484 e. The van der Waals surface area contributed by atoms with Crippen LogP contribution in [0.5, 0.6) is 5.75 Å². The van der Waals surface area contributed by atoms with E-state index < -0.39 is 10.0 Å². The minimum absolute atomic E-state index is 0.111. The second-order valence-electron chi connectivity index (χ2n) is 6.92. The van der Waals surface area contributed by atoms with Crippen molar-refractivity contribution in [1.29, 1.82) is 0 Å². The van der Waals surface area contributed by atoms with Crippen molar-refractivity contribution in [2.75, 3.05) is 25.0 Å². The minimum atomic E-state index is -3.45. The number of hydrogen-bond acceptors (Lipinski definition) is 5. The van der Waals surface area contributed by atoms with Crippen molar-refractivity contribution < 1.29 is 17.9 Å². The van der Waals surface area contributed by atoms with Crippen LogP contribution in [0.15, 0.2) is 53.4 Å². The summed E-state index contributed by atoms with van der Waals surface area (Å²) < 4.78 is 32.0. The molecule has 0 atom stereocenters. The lowest BCUT2D eigenvalue weighted by Gasteiger charge is -2.16. The van der Waals surface area contributed by atoms with Crippen LogP contribution in [0, 0.1) is 0 Å². The molecule has 7 nitrogen and oxygen atoms in total. The van der Waals surface area contributed by atoms with E-state index >= 15 is 0 Å². The fourth-order valence-electron chi connectivity index (χ4n) is 3.08. The van der Waals surface area contributed by atoms with E-state index in [4.69, 9.17) is 17.0 Å². The molecular weight excluding hydrogens is 422 g/mol. The third kappa shape index (κ3) is 5.78. The monoisotopic (exact) mass is 447 g/mol. The van der Waals surface area contributed by atoms with E-state index in [1.54, 1.807) is 12.1 Å². The van der Waals surface area contributed by atoms with E-state index in [1.165, 1.54) is 22.0 Å². The van der Waals surface area contributed by atoms with Gasteiger partial charge in [0.25, 0.3) is 5.91 Å². The highest BCUT2D eigenvalue weighted by Crippen LogP contribution is 2.22. The maximum Gasteiger partial charge on any atom is 0.264 e. The van der Waals surface area contributed by atoms with Crippen molar-refractivity contribution >= 4 is 38.9 Å². The number of sulfonamides is 1. The number of amides is 1. The van der Waals surface area contributed by atoms with Crippen LogP contribution in [0.4, 0.5) is 5.69 Å². The van der Waals surface area contributed by atoms with Gasteiger partial charge in [-0.15, -0.1) is 0 Å². The van der Waals surface area contributed by atoms with Crippen LogP contribution in [-0.4, -0.2) is 43.4 Å². The molecule has 0 saturated carbocycles. The number of thiocarbonyl (C=S) groups is 1. The number of anilines is 1. The van der Waals surface area contributed by atoms with Crippen LogP contribution >= 0.6 is 12.2 Å². The lowest BCUT2D eigenvalue weighted by molar-refractivity contribution is -0.121. The molecule has 0 bridgehead atoms. The molecule has 9 heteroatoms. The minimum Gasteiger partial charge on any atom is -0.484 e. The van der Waals surface area contributed by atoms with E-state index in [2.05, 4.69) is 17.6 Å². The Morgan fingerprint density at radius 2 is 1.70 bits per heavy atom. The Morgan fingerprint density at radius 1 is 1.07 bits per heavy atom. The molecule has 30 heavy (non-hydrogen) atoms. The lowest BCUT2D eigenvalue weighted by atomic mass is 10.2. The van der Waals surface area contributed by atoms with E-state index in [0.29, 0.717) is 24.5 Å². The Bertz CT molecular complexity index is 984. The standard InChI is InChI=1S/C21H25N3O4S2/c1-2-16-5-9-18(10-6-16)28-15-20(25)23-21(29)22-17-7-11-19(12-8-17)30(26,27)24-13-3-4-14-24/h5-12H,2-4,13-15H2,1H3,(H2,22,23,25,29). The zero-order valence-corrected chi connectivity index (χ0v) is 18.4. The van der Waals surface area contributed by atoms with Crippen LogP contribution in [-0.2, 0) is 21.2 Å². The van der Waals surface area contributed by atoms with Gasteiger partial charge in [-0.1, -0.05) is 19.1 Å². The molecule has 160 valence electrons. The number of nitrogens with one attached hydrogen (secondary N) is 2. The SMILES string of the molecule is CCc1ccc(OCC(=O)NC(=S)Nc2ccc(S(=O)(=O)N3CCCC3)cc2)cc1. The van der Waals surface area contributed by atoms with Crippen LogP contribution in [0.2, 0.25) is 0 Å². The summed E-state index contributed by atoms with van der Waals surface area (Å²) in [5.41, 5.74) is 1.77. The van der Waals surface area contributed by atoms with Gasteiger partial charge in [-0.3, -0.25) is 10.1 Å². The van der Waals surface area contributed by atoms with Crippen LogP contribution in [0.3, 0.4) is 0 Å². The second kappa shape index (κ2) is 10.0. The highest BCUT2D eigenvalue weighted by molar-refractivity contribution is 7.89. The number of aryl methyl sites for hydroxylation is 1. The van der Waals surface area contributed by atoms with Gasteiger partial charge in [-0.2, -0.15) is 4.31 Å². The molecule has 1 aliphatic heterocycles. The molecule has 0 unspecified atom stereocenters. The van der Waals surface area contributed by atoms with Crippen molar-refractivity contribution in [3.05, 3.63) is 54.1 Å². The van der Waals surface area contributed by atoms with Crippen molar-refractivity contribution in [3.63, 3.8) is 0 Å². The van der Waals surface area contributed by atoms with Gasteiger partial charge >= 0.3 is 0 Å². The third-order valence-corrected chi connectivity index (χ3v) is 6.89. The first-order chi connectivity index (χ1) is 14.4. The molecule has 1 saturated heterocycles. The average molecular weight is 448 g/mol. The van der Waals surface area contributed by atoms with Crippen LogP contribution in [0.1, 0.15) is 25.3 Å². The highest BCUT2D eigenvalue weighted by atomic mass is 32.2. The van der Waals surface area contributed by atoms with E-state index in [9.17, 15) is 13.2 Å². The van der Waals surface area contributed by atoms with Gasteiger partial charge in [-0.05, 0) is 73.4 Å². The summed E-state index contributed by atoms with van der Waals surface area (Å²) in [6.07, 6.45) is 2.72.